The van der Waals surface area contributed by atoms with Crippen LogP contribution in [0.25, 0.3) is 11.1 Å². The van der Waals surface area contributed by atoms with Crippen LogP contribution in [0.15, 0.2) is 61.2 Å². The summed E-state index contributed by atoms with van der Waals surface area (Å²) in [6.45, 7) is 7.47. The topological polar surface area (TPSA) is 189 Å². The van der Waals surface area contributed by atoms with Crippen molar-refractivity contribution in [1.29, 1.82) is 5.26 Å². The van der Waals surface area contributed by atoms with Crippen molar-refractivity contribution >= 4 is 34.9 Å². The van der Waals surface area contributed by atoms with Crippen LogP contribution in [0.2, 0.25) is 0 Å². The zero-order valence-electron chi connectivity index (χ0n) is 35.8. The maximum Gasteiger partial charge on any atom is 0.272 e. The molecule has 3 aliphatic rings. The largest absolute Gasteiger partial charge is 0.471 e. The smallest absolute Gasteiger partial charge is 0.272 e. The first-order valence-electron chi connectivity index (χ1n) is 21.9. The molecule has 5 atom stereocenters. The minimum atomic E-state index is -1.03. The van der Waals surface area contributed by atoms with E-state index in [9.17, 15) is 29.2 Å². The number of ketones is 4. The van der Waals surface area contributed by atoms with Crippen LogP contribution in [0.5, 0.6) is 5.88 Å². The number of pyridine rings is 1. The van der Waals surface area contributed by atoms with E-state index in [1.54, 1.807) is 12.3 Å². The van der Waals surface area contributed by atoms with Gasteiger partial charge in [0, 0.05) is 61.7 Å². The van der Waals surface area contributed by atoms with Crippen LogP contribution in [-0.2, 0) is 24.0 Å². The number of benzene rings is 1. The van der Waals surface area contributed by atoms with Gasteiger partial charge in [0.15, 0.2) is 17.3 Å². The van der Waals surface area contributed by atoms with E-state index in [0.717, 1.165) is 50.5 Å². The molecule has 0 spiro atoms. The molecule has 0 radical (unpaired) electrons. The maximum atomic E-state index is 15.1. The second kappa shape index (κ2) is 20.3. The second-order valence-electron chi connectivity index (χ2n) is 18.1. The Morgan fingerprint density at radius 2 is 1.67 bits per heavy atom. The van der Waals surface area contributed by atoms with Crippen LogP contribution in [0, 0.1) is 40.4 Å². The Morgan fingerprint density at radius 1 is 0.934 bits per heavy atom. The molecule has 322 valence electrons. The molecule has 2 amide bonds. The van der Waals surface area contributed by atoms with Crippen molar-refractivity contribution in [3.8, 4) is 23.1 Å². The van der Waals surface area contributed by atoms with Gasteiger partial charge >= 0.3 is 0 Å². The third kappa shape index (κ3) is 11.4. The maximum absolute atomic E-state index is 15.1. The average Bonchev–Trinajstić information content (AvgIpc) is 3.99. The molecule has 13 heteroatoms. The number of hydrogen-bond acceptors (Lipinski definition) is 11. The molecule has 0 bridgehead atoms. The highest BCUT2D eigenvalue weighted by Gasteiger charge is 2.47. The third-order valence-electron chi connectivity index (χ3n) is 12.5. The van der Waals surface area contributed by atoms with Gasteiger partial charge in [-0.05, 0) is 61.0 Å². The number of nitriles is 1. The van der Waals surface area contributed by atoms with E-state index >= 15 is 4.79 Å². The highest BCUT2D eigenvalue weighted by atomic mass is 16.5. The predicted molar refractivity (Wildman–Crippen MR) is 227 cm³/mol. The fourth-order valence-corrected chi connectivity index (χ4v) is 8.91. The van der Waals surface area contributed by atoms with Crippen molar-refractivity contribution in [3.05, 3.63) is 72.4 Å². The first kappa shape index (κ1) is 44.9. The summed E-state index contributed by atoms with van der Waals surface area (Å²) in [6.07, 6.45) is 12.0. The molecule has 1 aromatic carbocycles. The van der Waals surface area contributed by atoms with Crippen LogP contribution in [0.1, 0.15) is 127 Å². The van der Waals surface area contributed by atoms with E-state index in [0.29, 0.717) is 18.4 Å². The molecule has 2 aliphatic carbocycles. The summed E-state index contributed by atoms with van der Waals surface area (Å²) >= 11 is 0. The van der Waals surface area contributed by atoms with Crippen molar-refractivity contribution in [3.63, 3.8) is 0 Å². The van der Waals surface area contributed by atoms with Crippen LogP contribution in [0.3, 0.4) is 0 Å². The first-order valence-corrected chi connectivity index (χ1v) is 21.9. The number of amides is 2. The third-order valence-corrected chi connectivity index (χ3v) is 12.5. The monoisotopic (exact) mass is 830 g/mol. The number of carbonyl (C=O) groups is 6. The Bertz CT molecular complexity index is 2100. The minimum Gasteiger partial charge on any atom is -0.471 e. The summed E-state index contributed by atoms with van der Waals surface area (Å²) < 4.78 is 6.43. The predicted octanol–water partition coefficient (Wildman–Crippen LogP) is 7.07. The second-order valence-corrected chi connectivity index (χ2v) is 18.1. The normalized spacial score (nSPS) is 19.6. The van der Waals surface area contributed by atoms with Crippen LogP contribution in [-0.4, -0.2) is 79.5 Å². The summed E-state index contributed by atoms with van der Waals surface area (Å²) in [5.74, 6) is -4.15. The van der Waals surface area contributed by atoms with E-state index in [1.807, 2.05) is 58.0 Å². The van der Waals surface area contributed by atoms with Crippen LogP contribution < -0.4 is 10.1 Å². The van der Waals surface area contributed by atoms with Gasteiger partial charge in [0.2, 0.25) is 17.6 Å². The van der Waals surface area contributed by atoms with E-state index < -0.39 is 58.8 Å². The van der Waals surface area contributed by atoms with Gasteiger partial charge < -0.3 is 15.0 Å². The standard InChI is InChI=1S/C48H58N6O7/c1-5-12-33(44(58)42(57)23-30-17-18-30)24-40(55)39-25-34(61-46-36(27-49)35(19-20-52-46)31-13-8-6-9-14-31)29-54(39)47(60)37(48(2,3)4)26-41(56)43(32-15-10-7-11-16-32)53-45(59)38-28-50-21-22-51-38/h6,8-9,13-14,19-22,28,30,32-34,37,39,43H,5,7,10-12,15-18,23-26,29H2,1-4H3,(H,53,59)/t33?,34-,37?,39+,43?/m0/s1. The SMILES string of the molecule is CCCC(CC(=O)[C@H]1C[C@H](Oc2nccc(-c3ccccc3)c2C#N)CN1C(=O)C(CC(=O)C(NC(=O)c1cnccn1)C1CCCCC1)C(C)(C)C)C(=O)C(=O)CC1CC1. The van der Waals surface area contributed by atoms with Gasteiger partial charge in [-0.1, -0.05) is 83.7 Å². The highest BCUT2D eigenvalue weighted by molar-refractivity contribution is 6.38. The van der Waals surface area contributed by atoms with Crippen LogP contribution >= 0.6 is 0 Å². The minimum absolute atomic E-state index is 0.0411. The Hall–Kier alpha value is -5.64. The number of nitrogens with zero attached hydrogens (tertiary/aromatic N) is 5. The molecule has 13 nitrogen and oxygen atoms in total. The molecule has 3 unspecified atom stereocenters. The molecule has 3 heterocycles. The fourth-order valence-electron chi connectivity index (χ4n) is 8.91. The lowest BCUT2D eigenvalue weighted by Crippen LogP contribution is -2.51. The Kier molecular flexibility index (Phi) is 14.9. The molecule has 61 heavy (non-hydrogen) atoms. The summed E-state index contributed by atoms with van der Waals surface area (Å²) in [6, 6.07) is 11.4. The molecule has 2 aromatic heterocycles. The van der Waals surface area contributed by atoms with Gasteiger partial charge in [0.25, 0.3) is 5.91 Å². The zero-order valence-corrected chi connectivity index (χ0v) is 35.8. The van der Waals surface area contributed by atoms with Gasteiger partial charge in [0.05, 0.1) is 24.8 Å². The van der Waals surface area contributed by atoms with E-state index in [2.05, 4.69) is 26.3 Å². The average molecular weight is 831 g/mol. The molecule has 1 N–H and O–H groups in total. The van der Waals surface area contributed by atoms with Crippen molar-refractivity contribution < 1.29 is 33.5 Å². The quantitative estimate of drug-likeness (QED) is 0.122. The number of ether oxygens (including phenoxy) is 1. The summed E-state index contributed by atoms with van der Waals surface area (Å²) in [7, 11) is 0. The molecular formula is C48H58N6O7. The van der Waals surface area contributed by atoms with E-state index in [-0.39, 0.29) is 72.8 Å². The summed E-state index contributed by atoms with van der Waals surface area (Å²) in [5.41, 5.74) is 0.943. The molecule has 1 aliphatic heterocycles. The number of Topliss-reactive ketones (excluding diaryl/α,β-unsaturated/α-hetero) is 4. The lowest BCUT2D eigenvalue weighted by molar-refractivity contribution is -0.147. The fraction of sp³-hybridized carbons (Fsp3) is 0.542. The number of rotatable bonds is 19. The molecule has 1 saturated heterocycles. The molecule has 3 fully saturated rings. The molecule has 6 rings (SSSR count). The van der Waals surface area contributed by atoms with Gasteiger partial charge in [-0.25, -0.2) is 9.97 Å². The highest BCUT2D eigenvalue weighted by Crippen LogP contribution is 2.38. The van der Waals surface area contributed by atoms with E-state index in [1.165, 1.54) is 23.5 Å². The summed E-state index contributed by atoms with van der Waals surface area (Å²) in [5, 5.41) is 13.3. The molecule has 3 aromatic rings. The number of hydrogen-bond donors (Lipinski definition) is 1. The lowest BCUT2D eigenvalue weighted by Gasteiger charge is -2.36. The van der Waals surface area contributed by atoms with Crippen molar-refractivity contribution in [2.24, 2.45) is 29.1 Å². The zero-order chi connectivity index (χ0) is 43.7. The Morgan fingerprint density at radius 3 is 2.31 bits per heavy atom. The van der Waals surface area contributed by atoms with Gasteiger partial charge in [-0.3, -0.25) is 33.8 Å². The lowest BCUT2D eigenvalue weighted by atomic mass is 9.74. The Labute approximate surface area is 358 Å². The van der Waals surface area contributed by atoms with Crippen molar-refractivity contribution in [1.82, 2.24) is 25.2 Å². The summed E-state index contributed by atoms with van der Waals surface area (Å²) in [4.78, 5) is 98.1. The number of likely N-dealkylation sites (tertiary alicyclic amines) is 1. The van der Waals surface area contributed by atoms with Crippen LogP contribution in [0.4, 0.5) is 0 Å². The number of carbonyl (C=O) groups excluding carboxylic acids is 6. The van der Waals surface area contributed by atoms with Crippen molar-refractivity contribution in [2.45, 2.75) is 129 Å². The number of nitrogens with one attached hydrogen (secondary N) is 1. The van der Waals surface area contributed by atoms with Gasteiger partial charge in [-0.2, -0.15) is 5.26 Å². The molecular weight excluding hydrogens is 773 g/mol. The number of aromatic nitrogens is 3. The van der Waals surface area contributed by atoms with Gasteiger partial charge in [-0.15, -0.1) is 0 Å². The van der Waals surface area contributed by atoms with Gasteiger partial charge in [0.1, 0.15) is 23.4 Å². The molecule has 2 saturated carbocycles. The van der Waals surface area contributed by atoms with E-state index in [4.69, 9.17) is 4.74 Å². The Balaban J connectivity index is 1.29. The van der Waals surface area contributed by atoms with Crippen molar-refractivity contribution in [2.75, 3.05) is 6.54 Å². The first-order chi connectivity index (χ1) is 29.3.